The molecular formula is C14H11F7N2. The molecule has 0 aliphatic rings. The molecule has 0 fully saturated rings. The van der Waals surface area contributed by atoms with E-state index in [0.717, 1.165) is 18.2 Å². The molecule has 0 radical (unpaired) electrons. The van der Waals surface area contributed by atoms with Crippen LogP contribution < -0.4 is 11.5 Å². The third-order valence-electron chi connectivity index (χ3n) is 2.51. The first kappa shape index (κ1) is 18.6. The predicted octanol–water partition coefficient (Wildman–Crippen LogP) is 4.71. The second-order valence-corrected chi connectivity index (χ2v) is 4.36. The molecule has 0 aliphatic heterocycles. The van der Waals surface area contributed by atoms with Gasteiger partial charge in [0.15, 0.2) is 0 Å². The summed E-state index contributed by atoms with van der Waals surface area (Å²) in [7, 11) is 0. The van der Waals surface area contributed by atoms with Crippen molar-refractivity contribution in [2.45, 2.75) is 12.4 Å². The molecular weight excluding hydrogens is 329 g/mol. The Morgan fingerprint density at radius 2 is 1.26 bits per heavy atom. The minimum absolute atomic E-state index is 0.108. The molecule has 4 N–H and O–H groups in total. The van der Waals surface area contributed by atoms with Crippen LogP contribution in [0.4, 0.5) is 42.1 Å². The van der Waals surface area contributed by atoms with Gasteiger partial charge in [0.05, 0.1) is 11.1 Å². The van der Waals surface area contributed by atoms with Crippen LogP contribution >= 0.6 is 0 Å². The molecule has 23 heavy (non-hydrogen) atoms. The molecule has 0 aromatic heterocycles. The summed E-state index contributed by atoms with van der Waals surface area (Å²) >= 11 is 0. The SMILES string of the molecule is Nc1ccc(F)c(C(F)(F)F)c1.Nc1cccc(C(F)(F)F)c1. The lowest BCUT2D eigenvalue weighted by molar-refractivity contribution is -0.140. The lowest BCUT2D eigenvalue weighted by Gasteiger charge is -2.07. The molecule has 0 spiro atoms. The van der Waals surface area contributed by atoms with Crippen LogP contribution in [0.5, 0.6) is 0 Å². The van der Waals surface area contributed by atoms with Crippen LogP contribution in [-0.2, 0) is 12.4 Å². The smallest absolute Gasteiger partial charge is 0.399 e. The molecule has 126 valence electrons. The van der Waals surface area contributed by atoms with Crippen molar-refractivity contribution < 1.29 is 30.7 Å². The Labute approximate surface area is 126 Å². The van der Waals surface area contributed by atoms with Crippen molar-refractivity contribution >= 4 is 11.4 Å². The molecule has 0 bridgehead atoms. The van der Waals surface area contributed by atoms with Gasteiger partial charge in [0.2, 0.25) is 0 Å². The maximum Gasteiger partial charge on any atom is 0.419 e. The Morgan fingerprint density at radius 3 is 1.65 bits per heavy atom. The summed E-state index contributed by atoms with van der Waals surface area (Å²) in [5.41, 5.74) is 8.19. The fourth-order valence-corrected chi connectivity index (χ4v) is 1.48. The summed E-state index contributed by atoms with van der Waals surface area (Å²) in [6, 6.07) is 6.90. The van der Waals surface area contributed by atoms with Gasteiger partial charge in [0, 0.05) is 11.4 Å². The number of halogens is 7. The summed E-state index contributed by atoms with van der Waals surface area (Å²) in [6.07, 6.45) is -8.98. The lowest BCUT2D eigenvalue weighted by Crippen LogP contribution is -2.08. The van der Waals surface area contributed by atoms with E-state index in [0.29, 0.717) is 12.1 Å². The molecule has 0 saturated carbocycles. The molecule has 2 rings (SSSR count). The second-order valence-electron chi connectivity index (χ2n) is 4.36. The third-order valence-corrected chi connectivity index (χ3v) is 2.51. The zero-order valence-electron chi connectivity index (χ0n) is 11.3. The van der Waals surface area contributed by atoms with Crippen LogP contribution in [0.15, 0.2) is 42.5 Å². The first-order valence-electron chi connectivity index (χ1n) is 5.96. The summed E-state index contributed by atoms with van der Waals surface area (Å²) in [4.78, 5) is 0. The molecule has 2 aromatic carbocycles. The molecule has 0 saturated heterocycles. The average Bonchev–Trinajstić information content (AvgIpc) is 2.40. The summed E-state index contributed by atoms with van der Waals surface area (Å²) in [5.74, 6) is -1.31. The monoisotopic (exact) mass is 340 g/mol. The van der Waals surface area contributed by atoms with Crippen LogP contribution in [0, 0.1) is 5.82 Å². The minimum atomic E-state index is -4.68. The van der Waals surface area contributed by atoms with Gasteiger partial charge >= 0.3 is 12.4 Å². The molecule has 2 nitrogen and oxygen atoms in total. The summed E-state index contributed by atoms with van der Waals surface area (Å²) < 4.78 is 84.0. The highest BCUT2D eigenvalue weighted by atomic mass is 19.4. The number of hydrogen-bond acceptors (Lipinski definition) is 2. The van der Waals surface area contributed by atoms with Gasteiger partial charge in [-0.3, -0.25) is 0 Å². The zero-order chi connectivity index (χ0) is 17.8. The van der Waals surface area contributed by atoms with E-state index in [-0.39, 0.29) is 11.4 Å². The van der Waals surface area contributed by atoms with E-state index in [1.54, 1.807) is 0 Å². The topological polar surface area (TPSA) is 52.0 Å². The zero-order valence-corrected chi connectivity index (χ0v) is 11.3. The number of nitrogens with two attached hydrogens (primary N) is 2. The lowest BCUT2D eigenvalue weighted by atomic mass is 10.2. The van der Waals surface area contributed by atoms with Crippen molar-refractivity contribution in [3.8, 4) is 0 Å². The van der Waals surface area contributed by atoms with E-state index in [9.17, 15) is 30.7 Å². The van der Waals surface area contributed by atoms with Crippen molar-refractivity contribution in [1.82, 2.24) is 0 Å². The highest BCUT2D eigenvalue weighted by Crippen LogP contribution is 2.32. The van der Waals surface area contributed by atoms with Gasteiger partial charge < -0.3 is 11.5 Å². The van der Waals surface area contributed by atoms with E-state index in [4.69, 9.17) is 11.5 Å². The molecule has 0 unspecified atom stereocenters. The molecule has 0 amide bonds. The van der Waals surface area contributed by atoms with Crippen LogP contribution in [0.3, 0.4) is 0 Å². The van der Waals surface area contributed by atoms with Gasteiger partial charge in [-0.1, -0.05) is 6.07 Å². The van der Waals surface area contributed by atoms with Gasteiger partial charge in [-0.15, -0.1) is 0 Å². The minimum Gasteiger partial charge on any atom is -0.399 e. The second kappa shape index (κ2) is 6.76. The Bertz CT molecular complexity index is 663. The molecule has 0 aliphatic carbocycles. The first-order chi connectivity index (χ1) is 10.4. The van der Waals surface area contributed by atoms with Crippen molar-refractivity contribution in [3.05, 3.63) is 59.4 Å². The third kappa shape index (κ3) is 5.68. The fourth-order valence-electron chi connectivity index (χ4n) is 1.48. The van der Waals surface area contributed by atoms with E-state index in [1.807, 2.05) is 0 Å². The van der Waals surface area contributed by atoms with Crippen LogP contribution in [0.25, 0.3) is 0 Å². The largest absolute Gasteiger partial charge is 0.419 e. The molecule has 2 aromatic rings. The molecule has 0 heterocycles. The van der Waals surface area contributed by atoms with Crippen molar-refractivity contribution in [1.29, 1.82) is 0 Å². The van der Waals surface area contributed by atoms with E-state index in [1.165, 1.54) is 12.1 Å². The van der Waals surface area contributed by atoms with E-state index < -0.39 is 29.3 Å². The Hall–Kier alpha value is -2.45. The summed E-state index contributed by atoms with van der Waals surface area (Å²) in [5, 5.41) is 0. The van der Waals surface area contributed by atoms with Gasteiger partial charge in [-0.05, 0) is 36.4 Å². The maximum atomic E-state index is 12.5. The normalized spacial score (nSPS) is 11.6. The van der Waals surface area contributed by atoms with Crippen molar-refractivity contribution in [2.24, 2.45) is 0 Å². The number of benzene rings is 2. The predicted molar refractivity (Wildman–Crippen MR) is 71.7 cm³/mol. The van der Waals surface area contributed by atoms with Gasteiger partial charge in [0.1, 0.15) is 5.82 Å². The van der Waals surface area contributed by atoms with E-state index >= 15 is 0 Å². The Balaban J connectivity index is 0.000000231. The van der Waals surface area contributed by atoms with Crippen molar-refractivity contribution in [2.75, 3.05) is 11.5 Å². The highest BCUT2D eigenvalue weighted by molar-refractivity contribution is 5.42. The number of nitrogen functional groups attached to an aromatic ring is 2. The van der Waals surface area contributed by atoms with Crippen LogP contribution in [-0.4, -0.2) is 0 Å². The number of rotatable bonds is 0. The average molecular weight is 340 g/mol. The molecule has 9 heteroatoms. The van der Waals surface area contributed by atoms with Gasteiger partial charge in [-0.2, -0.15) is 26.3 Å². The maximum absolute atomic E-state index is 12.5. The highest BCUT2D eigenvalue weighted by Gasteiger charge is 2.34. The van der Waals surface area contributed by atoms with Crippen LogP contribution in [0.1, 0.15) is 11.1 Å². The quantitative estimate of drug-likeness (QED) is 0.539. The van der Waals surface area contributed by atoms with Crippen molar-refractivity contribution in [3.63, 3.8) is 0 Å². The first-order valence-corrected chi connectivity index (χ1v) is 5.96. The Kier molecular flexibility index (Phi) is 5.46. The van der Waals surface area contributed by atoms with Gasteiger partial charge in [0.25, 0.3) is 0 Å². The van der Waals surface area contributed by atoms with E-state index in [2.05, 4.69) is 0 Å². The number of hydrogen-bond donors (Lipinski definition) is 2. The fraction of sp³-hybridized carbons (Fsp3) is 0.143. The standard InChI is InChI=1S/C7H5F4N.C7H6F3N/c8-6-2-1-4(12)3-5(6)7(9,10)11;8-7(9,10)5-2-1-3-6(11)4-5/h1-3H,12H2;1-4H,11H2. The number of alkyl halides is 6. The number of anilines is 2. The van der Waals surface area contributed by atoms with Crippen LogP contribution in [0.2, 0.25) is 0 Å². The molecule has 0 atom stereocenters. The van der Waals surface area contributed by atoms with Gasteiger partial charge in [-0.25, -0.2) is 4.39 Å². The Morgan fingerprint density at radius 1 is 0.696 bits per heavy atom. The summed E-state index contributed by atoms with van der Waals surface area (Å²) in [6.45, 7) is 0.